The summed E-state index contributed by atoms with van der Waals surface area (Å²) in [6.07, 6.45) is -5.10. The number of rotatable bonds is 15. The number of thioether (sulfide) groups is 1. The molecule has 0 spiro atoms. The number of benzene rings is 1. The van der Waals surface area contributed by atoms with Crippen LogP contribution < -0.4 is 5.32 Å². The van der Waals surface area contributed by atoms with Crippen molar-refractivity contribution in [2.45, 2.75) is 136 Å². The van der Waals surface area contributed by atoms with Crippen LogP contribution in [0, 0.1) is 17.3 Å². The fourth-order valence-electron chi connectivity index (χ4n) is 8.47. The van der Waals surface area contributed by atoms with E-state index in [1.807, 2.05) is 20.1 Å². The SMILES string of the molecule is CSCOCC[C@H]1OC[C@@]1(OC(C)=O)C1/C(C)=C(/O)C(=O)C2=C(C)[C@@H](OC(=O)[C@H](O)[C@H](CC(C)C)NC(=O)OC(C)(C)C)C[C@@](O)([C@H]1OC(=O)c1ccccc1)C2(C)C. The number of aliphatic hydroxyl groups is 3. The van der Waals surface area contributed by atoms with Crippen molar-refractivity contribution in [3.8, 4) is 0 Å². The molecule has 1 aliphatic heterocycles. The number of hydrogen-bond donors (Lipinski definition) is 4. The minimum absolute atomic E-state index is 0.0321. The van der Waals surface area contributed by atoms with Crippen LogP contribution in [0.5, 0.6) is 0 Å². The Bertz CT molecular complexity index is 1800. The molecule has 0 radical (unpaired) electrons. The second-order valence-electron chi connectivity index (χ2n) is 17.5. The number of allylic oxidation sites excluding steroid dienone is 1. The highest BCUT2D eigenvalue weighted by molar-refractivity contribution is 7.98. The molecule has 328 valence electrons. The molecule has 0 saturated carbocycles. The minimum atomic E-state index is -2.31. The van der Waals surface area contributed by atoms with Crippen LogP contribution in [0.15, 0.2) is 52.8 Å². The maximum absolute atomic E-state index is 14.6. The summed E-state index contributed by atoms with van der Waals surface area (Å²) in [7, 11) is 0. The van der Waals surface area contributed by atoms with Crippen molar-refractivity contribution < 1.29 is 67.7 Å². The van der Waals surface area contributed by atoms with E-state index >= 15 is 0 Å². The van der Waals surface area contributed by atoms with Gasteiger partial charge in [0.25, 0.3) is 0 Å². The molecule has 2 bridgehead atoms. The smallest absolute Gasteiger partial charge is 0.407 e. The van der Waals surface area contributed by atoms with E-state index in [1.54, 1.807) is 52.8 Å². The quantitative estimate of drug-likeness (QED) is 0.0757. The van der Waals surface area contributed by atoms with Gasteiger partial charge in [0.05, 0.1) is 36.7 Å². The van der Waals surface area contributed by atoms with E-state index in [-0.39, 0.29) is 54.3 Å². The third-order valence-corrected chi connectivity index (χ3v) is 11.7. The number of fused-ring (bicyclic) bond motifs is 2. The Labute approximate surface area is 350 Å². The van der Waals surface area contributed by atoms with Crippen molar-refractivity contribution in [1.29, 1.82) is 0 Å². The van der Waals surface area contributed by atoms with E-state index < -0.39 is 101 Å². The molecular formula is C43H61NO14S. The fraction of sp³-hybridized carbons (Fsp3) is 0.651. The van der Waals surface area contributed by atoms with Gasteiger partial charge >= 0.3 is 24.0 Å². The van der Waals surface area contributed by atoms with Crippen molar-refractivity contribution >= 4 is 41.5 Å². The number of Topliss-reactive ketones (excluding diaryl/α,β-unsaturated/α-hetero) is 1. The second-order valence-corrected chi connectivity index (χ2v) is 18.4. The molecule has 4 rings (SSSR count). The Morgan fingerprint density at radius 2 is 1.69 bits per heavy atom. The van der Waals surface area contributed by atoms with Crippen molar-refractivity contribution in [2.75, 3.05) is 25.4 Å². The average molecular weight is 848 g/mol. The molecule has 1 unspecified atom stereocenters. The van der Waals surface area contributed by atoms with Gasteiger partial charge in [-0.25, -0.2) is 14.4 Å². The van der Waals surface area contributed by atoms with E-state index in [9.17, 15) is 39.3 Å². The minimum Gasteiger partial charge on any atom is -0.504 e. The first-order valence-corrected chi connectivity index (χ1v) is 21.2. The van der Waals surface area contributed by atoms with Gasteiger partial charge in [0.2, 0.25) is 5.78 Å². The summed E-state index contributed by atoms with van der Waals surface area (Å²) >= 11 is 1.46. The normalized spacial score (nSPS) is 29.0. The molecular weight excluding hydrogens is 787 g/mol. The third kappa shape index (κ3) is 10.2. The molecule has 1 saturated heterocycles. The van der Waals surface area contributed by atoms with Crippen LogP contribution in [0.4, 0.5) is 4.79 Å². The largest absolute Gasteiger partial charge is 0.504 e. The zero-order valence-corrected chi connectivity index (χ0v) is 36.7. The maximum atomic E-state index is 14.6. The highest BCUT2D eigenvalue weighted by Crippen LogP contribution is 2.58. The number of amides is 1. The van der Waals surface area contributed by atoms with Crippen molar-refractivity contribution in [1.82, 2.24) is 5.32 Å². The number of alkyl carbamates (subject to hydrolysis) is 1. The third-order valence-electron chi connectivity index (χ3n) is 11.3. The van der Waals surface area contributed by atoms with Gasteiger partial charge in [-0.2, -0.15) is 0 Å². The molecule has 1 fully saturated rings. The molecule has 1 aromatic carbocycles. The predicted molar refractivity (Wildman–Crippen MR) is 217 cm³/mol. The number of esters is 3. The standard InChI is InChI=1S/C43H61NO14S/c1-23(2)19-28(44-39(51)58-40(6,7)8)34(47)38(50)55-29-20-43(52)36(56-37(49)27-15-13-12-14-16-27)32(25(4)33(46)35(48)31(24(29)3)41(43,9)10)42(57-26(5)45)21-54-30(42)17-18-53-22-59-11/h12-16,23,28-30,32,34,36,46-47,52H,17-22H2,1-11H3,(H,44,51)/b33-25+/t28-,29-,30+,32?,34+,36-,42-,43+/m0/s1. The van der Waals surface area contributed by atoms with Crippen molar-refractivity contribution in [2.24, 2.45) is 17.3 Å². The molecule has 2 aliphatic carbocycles. The maximum Gasteiger partial charge on any atom is 0.407 e. The second kappa shape index (κ2) is 18.8. The molecule has 0 aromatic heterocycles. The zero-order chi connectivity index (χ0) is 44.2. The highest BCUT2D eigenvalue weighted by atomic mass is 32.2. The lowest BCUT2D eigenvalue weighted by Gasteiger charge is -2.60. The Morgan fingerprint density at radius 3 is 2.24 bits per heavy atom. The van der Waals surface area contributed by atoms with Crippen LogP contribution in [0.1, 0.15) is 98.9 Å². The van der Waals surface area contributed by atoms with E-state index in [1.165, 1.54) is 44.7 Å². The van der Waals surface area contributed by atoms with E-state index in [0.29, 0.717) is 5.94 Å². The van der Waals surface area contributed by atoms with E-state index in [4.69, 9.17) is 28.4 Å². The monoisotopic (exact) mass is 847 g/mol. The first-order valence-electron chi connectivity index (χ1n) is 19.8. The number of carbonyl (C=O) groups is 5. The van der Waals surface area contributed by atoms with Crippen LogP contribution in [-0.4, -0.2) is 118 Å². The first kappa shape index (κ1) is 47.7. The summed E-state index contributed by atoms with van der Waals surface area (Å²) in [6.45, 7) is 15.8. The molecule has 3 aliphatic rings. The summed E-state index contributed by atoms with van der Waals surface area (Å²) in [6, 6.07) is 6.83. The van der Waals surface area contributed by atoms with Gasteiger partial charge < -0.3 is 49.1 Å². The molecule has 1 amide bonds. The Morgan fingerprint density at radius 1 is 1.05 bits per heavy atom. The summed E-state index contributed by atoms with van der Waals surface area (Å²) < 4.78 is 35.5. The number of ketones is 1. The van der Waals surface area contributed by atoms with Crippen LogP contribution in [-0.2, 0) is 42.8 Å². The first-order chi connectivity index (χ1) is 27.4. The Balaban J connectivity index is 1.90. The van der Waals surface area contributed by atoms with Crippen molar-refractivity contribution in [3.63, 3.8) is 0 Å². The fourth-order valence-corrected chi connectivity index (χ4v) is 8.75. The lowest BCUT2D eigenvalue weighted by atomic mass is 9.53. The lowest BCUT2D eigenvalue weighted by molar-refractivity contribution is -0.295. The van der Waals surface area contributed by atoms with Gasteiger partial charge in [0.15, 0.2) is 17.5 Å². The molecule has 15 nitrogen and oxygen atoms in total. The highest BCUT2D eigenvalue weighted by Gasteiger charge is 2.69. The zero-order valence-electron chi connectivity index (χ0n) is 35.9. The van der Waals surface area contributed by atoms with E-state index in [2.05, 4.69) is 5.32 Å². The van der Waals surface area contributed by atoms with Crippen LogP contribution in [0.25, 0.3) is 0 Å². The van der Waals surface area contributed by atoms with Crippen LogP contribution in [0.3, 0.4) is 0 Å². The predicted octanol–water partition coefficient (Wildman–Crippen LogP) is 5.36. The lowest BCUT2D eigenvalue weighted by Crippen LogP contribution is -2.73. The number of hydrogen-bond acceptors (Lipinski definition) is 15. The Kier molecular flexibility index (Phi) is 15.2. The van der Waals surface area contributed by atoms with Gasteiger partial charge in [-0.1, -0.05) is 45.9 Å². The molecule has 16 heteroatoms. The van der Waals surface area contributed by atoms with Crippen LogP contribution >= 0.6 is 11.8 Å². The van der Waals surface area contributed by atoms with Gasteiger partial charge in [-0.3, -0.25) is 9.59 Å². The summed E-state index contributed by atoms with van der Waals surface area (Å²) in [5.74, 6) is -5.56. The average Bonchev–Trinajstić information content (AvgIpc) is 3.13. The van der Waals surface area contributed by atoms with Gasteiger partial charge in [0, 0.05) is 30.8 Å². The summed E-state index contributed by atoms with van der Waals surface area (Å²) in [5, 5.41) is 39.3. The van der Waals surface area contributed by atoms with Crippen LogP contribution in [0.2, 0.25) is 0 Å². The Hall–Kier alpha value is -3.96. The van der Waals surface area contributed by atoms with Gasteiger partial charge in [-0.05, 0) is 76.5 Å². The number of aliphatic hydroxyl groups excluding tert-OH is 2. The molecule has 8 atom stereocenters. The van der Waals surface area contributed by atoms with Gasteiger partial charge in [-0.15, -0.1) is 11.8 Å². The molecule has 59 heavy (non-hydrogen) atoms. The number of nitrogens with one attached hydrogen (secondary N) is 1. The van der Waals surface area contributed by atoms with Gasteiger partial charge in [0.1, 0.15) is 29.5 Å². The summed E-state index contributed by atoms with van der Waals surface area (Å²) in [5.41, 5.74) is -6.38. The topological polar surface area (TPSA) is 213 Å². The molecule has 1 heterocycles. The number of carbonyl (C=O) groups excluding carboxylic acids is 5. The number of ether oxygens (including phenoxy) is 6. The molecule has 4 N–H and O–H groups in total. The molecule has 1 aromatic rings. The van der Waals surface area contributed by atoms with Crippen molar-refractivity contribution in [3.05, 3.63) is 58.4 Å². The van der Waals surface area contributed by atoms with E-state index in [0.717, 1.165) is 0 Å². The summed E-state index contributed by atoms with van der Waals surface area (Å²) in [4.78, 5) is 68.4.